The first kappa shape index (κ1) is 15.5. The van der Waals surface area contributed by atoms with Crippen LogP contribution in [0.4, 0.5) is 13.2 Å². The van der Waals surface area contributed by atoms with Crippen LogP contribution in [0.3, 0.4) is 0 Å². The van der Waals surface area contributed by atoms with Crippen molar-refractivity contribution in [1.29, 1.82) is 0 Å². The Morgan fingerprint density at radius 1 is 1.30 bits per heavy atom. The molecular weight excluding hydrogens is 273 g/mol. The first-order valence-corrected chi connectivity index (χ1v) is 7.01. The monoisotopic (exact) mass is 294 g/mol. The third-order valence-electron chi connectivity index (χ3n) is 3.82. The highest BCUT2D eigenvalue weighted by atomic mass is 19.4. The highest BCUT2D eigenvalue weighted by Gasteiger charge is 2.44. The second-order valence-electron chi connectivity index (χ2n) is 5.24. The van der Waals surface area contributed by atoms with Crippen molar-refractivity contribution >= 4 is 5.91 Å². The van der Waals surface area contributed by atoms with Gasteiger partial charge in [-0.25, -0.2) is 0 Å². The lowest BCUT2D eigenvalue weighted by molar-refractivity contribution is -0.184. The Kier molecular flexibility index (Phi) is 5.22. The number of amides is 1. The molecule has 5 nitrogen and oxygen atoms in total. The third-order valence-corrected chi connectivity index (χ3v) is 3.82. The van der Waals surface area contributed by atoms with Gasteiger partial charge in [-0.3, -0.25) is 9.69 Å². The Morgan fingerprint density at radius 2 is 2.00 bits per heavy atom. The SMILES string of the molecule is O=C(NCC(N1CCNCC1)C(F)(F)F)[C@@H]1CCCN1. The van der Waals surface area contributed by atoms with Crippen LogP contribution >= 0.6 is 0 Å². The highest BCUT2D eigenvalue weighted by Crippen LogP contribution is 2.24. The molecule has 0 saturated carbocycles. The van der Waals surface area contributed by atoms with Crippen LogP contribution in [0.15, 0.2) is 0 Å². The lowest BCUT2D eigenvalue weighted by Gasteiger charge is -2.36. The maximum absolute atomic E-state index is 13.1. The first-order valence-electron chi connectivity index (χ1n) is 7.01. The minimum atomic E-state index is -4.33. The number of hydrogen-bond donors (Lipinski definition) is 3. The number of halogens is 3. The van der Waals surface area contributed by atoms with Crippen molar-refractivity contribution in [3.05, 3.63) is 0 Å². The lowest BCUT2D eigenvalue weighted by Crippen LogP contribution is -2.58. The van der Waals surface area contributed by atoms with Crippen LogP contribution < -0.4 is 16.0 Å². The van der Waals surface area contributed by atoms with Gasteiger partial charge in [0.15, 0.2) is 0 Å². The van der Waals surface area contributed by atoms with E-state index in [2.05, 4.69) is 16.0 Å². The molecule has 116 valence electrons. The molecule has 2 saturated heterocycles. The molecule has 2 rings (SSSR count). The van der Waals surface area contributed by atoms with Gasteiger partial charge in [0, 0.05) is 32.7 Å². The minimum Gasteiger partial charge on any atom is -0.353 e. The largest absolute Gasteiger partial charge is 0.405 e. The van der Waals surface area contributed by atoms with E-state index in [4.69, 9.17) is 0 Å². The zero-order valence-corrected chi connectivity index (χ0v) is 11.3. The van der Waals surface area contributed by atoms with Gasteiger partial charge < -0.3 is 16.0 Å². The second kappa shape index (κ2) is 6.73. The summed E-state index contributed by atoms with van der Waals surface area (Å²) < 4.78 is 39.3. The number of nitrogens with zero attached hydrogens (tertiary/aromatic N) is 1. The summed E-state index contributed by atoms with van der Waals surface area (Å²) in [5.74, 6) is -0.327. The topological polar surface area (TPSA) is 56.4 Å². The zero-order chi connectivity index (χ0) is 14.6. The van der Waals surface area contributed by atoms with Crippen molar-refractivity contribution in [2.75, 3.05) is 39.3 Å². The van der Waals surface area contributed by atoms with Crippen LogP contribution in [0.5, 0.6) is 0 Å². The third kappa shape index (κ3) is 4.07. The Hall–Kier alpha value is -0.860. The molecule has 20 heavy (non-hydrogen) atoms. The van der Waals surface area contributed by atoms with E-state index in [0.717, 1.165) is 13.0 Å². The molecule has 0 bridgehead atoms. The quantitative estimate of drug-likeness (QED) is 0.666. The van der Waals surface area contributed by atoms with Crippen LogP contribution in [0.2, 0.25) is 0 Å². The summed E-state index contributed by atoms with van der Waals surface area (Å²) in [7, 11) is 0. The van der Waals surface area contributed by atoms with Gasteiger partial charge >= 0.3 is 6.18 Å². The molecule has 2 aliphatic heterocycles. The molecule has 1 amide bonds. The fourth-order valence-electron chi connectivity index (χ4n) is 2.67. The number of hydrogen-bond acceptors (Lipinski definition) is 4. The molecule has 2 aliphatic rings. The molecule has 1 unspecified atom stereocenters. The predicted octanol–water partition coefficient (Wildman–Crippen LogP) is -0.309. The smallest absolute Gasteiger partial charge is 0.353 e. The average molecular weight is 294 g/mol. The van der Waals surface area contributed by atoms with Crippen molar-refractivity contribution in [3.63, 3.8) is 0 Å². The second-order valence-corrected chi connectivity index (χ2v) is 5.24. The molecule has 0 aromatic heterocycles. The number of alkyl halides is 3. The summed E-state index contributed by atoms with van der Waals surface area (Å²) in [5.41, 5.74) is 0. The van der Waals surface area contributed by atoms with Gasteiger partial charge in [0.25, 0.3) is 0 Å². The van der Waals surface area contributed by atoms with E-state index >= 15 is 0 Å². The fraction of sp³-hybridized carbons (Fsp3) is 0.917. The van der Waals surface area contributed by atoms with Gasteiger partial charge in [0.05, 0.1) is 6.04 Å². The fourth-order valence-corrected chi connectivity index (χ4v) is 2.67. The van der Waals surface area contributed by atoms with Gasteiger partial charge in [-0.1, -0.05) is 0 Å². The van der Waals surface area contributed by atoms with E-state index in [9.17, 15) is 18.0 Å². The first-order chi connectivity index (χ1) is 9.48. The Balaban J connectivity index is 1.88. The van der Waals surface area contributed by atoms with Crippen LogP contribution in [0.1, 0.15) is 12.8 Å². The molecule has 0 spiro atoms. The molecule has 0 aromatic carbocycles. The maximum atomic E-state index is 13.1. The van der Waals surface area contributed by atoms with Crippen LogP contribution in [-0.4, -0.2) is 68.3 Å². The maximum Gasteiger partial charge on any atom is 0.405 e. The summed E-state index contributed by atoms with van der Waals surface area (Å²) >= 11 is 0. The van der Waals surface area contributed by atoms with E-state index < -0.39 is 12.2 Å². The van der Waals surface area contributed by atoms with E-state index in [1.807, 2.05) is 0 Å². The van der Waals surface area contributed by atoms with Crippen LogP contribution in [0, 0.1) is 0 Å². The van der Waals surface area contributed by atoms with Gasteiger partial charge in [-0.05, 0) is 19.4 Å². The van der Waals surface area contributed by atoms with Crippen LogP contribution in [0.25, 0.3) is 0 Å². The minimum absolute atomic E-state index is 0.327. The van der Waals surface area contributed by atoms with Crippen LogP contribution in [-0.2, 0) is 4.79 Å². The van der Waals surface area contributed by atoms with Crippen molar-refractivity contribution in [3.8, 4) is 0 Å². The Morgan fingerprint density at radius 3 is 2.55 bits per heavy atom. The molecule has 0 radical (unpaired) electrons. The number of nitrogens with one attached hydrogen (secondary N) is 3. The molecule has 0 aromatic rings. The summed E-state index contributed by atoms with van der Waals surface area (Å²) in [5, 5.41) is 8.45. The number of piperazine rings is 1. The summed E-state index contributed by atoms with van der Waals surface area (Å²) in [6.07, 6.45) is -2.75. The Bertz CT molecular complexity index is 325. The number of carbonyl (C=O) groups excluding carboxylic acids is 1. The number of carbonyl (C=O) groups is 1. The van der Waals surface area contributed by atoms with E-state index in [0.29, 0.717) is 32.6 Å². The molecule has 0 aliphatic carbocycles. The van der Waals surface area contributed by atoms with Gasteiger partial charge in [-0.15, -0.1) is 0 Å². The zero-order valence-electron chi connectivity index (χ0n) is 11.3. The Labute approximate surface area is 116 Å². The molecule has 3 N–H and O–H groups in total. The van der Waals surface area contributed by atoms with Crippen molar-refractivity contribution in [2.45, 2.75) is 31.1 Å². The lowest BCUT2D eigenvalue weighted by atomic mass is 10.1. The van der Waals surface area contributed by atoms with Crippen molar-refractivity contribution in [2.24, 2.45) is 0 Å². The van der Waals surface area contributed by atoms with Gasteiger partial charge in [0.1, 0.15) is 6.04 Å². The average Bonchev–Trinajstić information content (AvgIpc) is 2.92. The number of rotatable bonds is 4. The summed E-state index contributed by atoms with van der Waals surface area (Å²) in [6, 6.07) is -1.94. The summed E-state index contributed by atoms with van der Waals surface area (Å²) in [6.45, 7) is 2.16. The van der Waals surface area contributed by atoms with E-state index in [1.54, 1.807) is 0 Å². The predicted molar refractivity (Wildman–Crippen MR) is 68.3 cm³/mol. The molecule has 2 atom stereocenters. The standard InChI is InChI=1S/C12H21F3N4O/c13-12(14,15)10(19-6-4-16-5-7-19)8-18-11(20)9-2-1-3-17-9/h9-10,16-17H,1-8H2,(H,18,20)/t9-,10?/m0/s1. The molecular formula is C12H21F3N4O. The van der Waals surface area contributed by atoms with E-state index in [-0.39, 0.29) is 18.5 Å². The molecule has 8 heteroatoms. The normalized spacial score (nSPS) is 26.4. The summed E-state index contributed by atoms with van der Waals surface area (Å²) in [4.78, 5) is 13.2. The van der Waals surface area contributed by atoms with Gasteiger partial charge in [0.2, 0.25) is 5.91 Å². The molecule has 2 heterocycles. The van der Waals surface area contributed by atoms with Crippen molar-refractivity contribution < 1.29 is 18.0 Å². The molecule has 2 fully saturated rings. The van der Waals surface area contributed by atoms with E-state index in [1.165, 1.54) is 4.90 Å². The van der Waals surface area contributed by atoms with Crippen molar-refractivity contribution in [1.82, 2.24) is 20.9 Å². The highest BCUT2D eigenvalue weighted by molar-refractivity contribution is 5.82. The van der Waals surface area contributed by atoms with Gasteiger partial charge in [-0.2, -0.15) is 13.2 Å².